The zero-order valence-corrected chi connectivity index (χ0v) is 18.9. The summed E-state index contributed by atoms with van der Waals surface area (Å²) in [6.07, 6.45) is 1.31. The molecule has 11 heteroatoms. The van der Waals surface area contributed by atoms with Gasteiger partial charge in [0.1, 0.15) is 17.5 Å². The maximum absolute atomic E-state index is 13.0. The highest BCUT2D eigenvalue weighted by Crippen LogP contribution is 2.29. The lowest BCUT2D eigenvalue weighted by Gasteiger charge is -2.12. The van der Waals surface area contributed by atoms with Crippen molar-refractivity contribution in [3.05, 3.63) is 93.8 Å². The summed E-state index contributed by atoms with van der Waals surface area (Å²) < 4.78 is 23.8. The van der Waals surface area contributed by atoms with Crippen LogP contribution < -0.4 is 20.1 Å². The topological polar surface area (TPSA) is 144 Å². The normalized spacial score (nSPS) is 10.6. The van der Waals surface area contributed by atoms with E-state index in [1.165, 1.54) is 73.8 Å². The molecule has 3 rings (SSSR count). The Hall–Kier alpha value is -5.24. The molecule has 0 spiro atoms. The predicted molar refractivity (Wildman–Crippen MR) is 129 cm³/mol. The molecule has 36 heavy (non-hydrogen) atoms. The molecule has 0 fully saturated rings. The van der Waals surface area contributed by atoms with Crippen LogP contribution in [0.2, 0.25) is 0 Å². The van der Waals surface area contributed by atoms with Crippen LogP contribution in [-0.4, -0.2) is 30.5 Å². The second kappa shape index (κ2) is 11.8. The summed E-state index contributed by atoms with van der Waals surface area (Å²) in [5, 5.41) is 25.4. The largest absolute Gasteiger partial charge is 0.493 e. The highest BCUT2D eigenvalue weighted by Gasteiger charge is 2.14. The van der Waals surface area contributed by atoms with Crippen LogP contribution in [-0.2, 0) is 9.59 Å². The van der Waals surface area contributed by atoms with Gasteiger partial charge in [0.2, 0.25) is 0 Å². The minimum atomic E-state index is -0.755. The first kappa shape index (κ1) is 25.4. The molecule has 182 valence electrons. The summed E-state index contributed by atoms with van der Waals surface area (Å²) in [5.41, 5.74) is 0.541. The van der Waals surface area contributed by atoms with Gasteiger partial charge in [-0.25, -0.2) is 4.39 Å². The number of rotatable bonds is 9. The Balaban J connectivity index is 1.68. The molecule has 0 aliphatic heterocycles. The van der Waals surface area contributed by atoms with Gasteiger partial charge in [0.05, 0.1) is 12.0 Å². The predicted octanol–water partition coefficient (Wildman–Crippen LogP) is 4.31. The van der Waals surface area contributed by atoms with Gasteiger partial charge in [-0.1, -0.05) is 12.1 Å². The first-order valence-corrected chi connectivity index (χ1v) is 10.3. The summed E-state index contributed by atoms with van der Waals surface area (Å²) in [6, 6.07) is 16.9. The number of nitro groups is 1. The fraction of sp³-hybridized carbons (Fsp3) is 0.0800. The van der Waals surface area contributed by atoms with Gasteiger partial charge in [-0.3, -0.25) is 19.7 Å². The van der Waals surface area contributed by atoms with Crippen LogP contribution in [0.25, 0.3) is 6.08 Å². The molecule has 0 saturated carbocycles. The Morgan fingerprint density at radius 2 is 1.81 bits per heavy atom. The number of nitriles is 1. The van der Waals surface area contributed by atoms with Crippen LogP contribution in [0.5, 0.6) is 11.5 Å². The molecule has 0 aromatic heterocycles. The smallest absolute Gasteiger partial charge is 0.271 e. The molecule has 2 amide bonds. The number of ether oxygens (including phenoxy) is 2. The number of anilines is 2. The molecule has 3 aromatic rings. The Morgan fingerprint density at radius 3 is 2.47 bits per heavy atom. The Morgan fingerprint density at radius 1 is 1.06 bits per heavy atom. The zero-order valence-electron chi connectivity index (χ0n) is 18.9. The summed E-state index contributed by atoms with van der Waals surface area (Å²) in [6.45, 7) is -0.349. The van der Waals surface area contributed by atoms with E-state index < -0.39 is 22.6 Å². The van der Waals surface area contributed by atoms with Gasteiger partial charge in [-0.15, -0.1) is 0 Å². The standard InChI is InChI=1S/C25H19FN4O6/c1-35-23-12-16(5-10-22(23)36-15-24(31)28-19-8-6-18(26)7-9-19)11-17(14-27)25(32)29-20-3-2-4-21(13-20)30(33)34/h2-13H,15H2,1H3,(H,28,31)(H,29,32)/b17-11-. The fourth-order valence-electron chi connectivity index (χ4n) is 2.98. The SMILES string of the molecule is COc1cc(/C=C(/C#N)C(=O)Nc2cccc([N+](=O)[O-])c2)ccc1OCC(=O)Nc1ccc(F)cc1. The maximum atomic E-state index is 13.0. The molecule has 0 unspecified atom stereocenters. The minimum absolute atomic E-state index is 0.163. The lowest BCUT2D eigenvalue weighted by Crippen LogP contribution is -2.20. The van der Waals surface area contributed by atoms with Crippen LogP contribution in [0.1, 0.15) is 5.56 Å². The van der Waals surface area contributed by atoms with E-state index in [-0.39, 0.29) is 35.1 Å². The molecule has 0 aliphatic carbocycles. The van der Waals surface area contributed by atoms with Crippen molar-refractivity contribution >= 4 is 35.0 Å². The van der Waals surface area contributed by atoms with Crippen molar-refractivity contribution in [1.82, 2.24) is 0 Å². The van der Waals surface area contributed by atoms with Gasteiger partial charge in [0.25, 0.3) is 17.5 Å². The van der Waals surface area contributed by atoms with E-state index in [1.54, 1.807) is 12.1 Å². The average Bonchev–Trinajstić information content (AvgIpc) is 2.87. The third-order valence-corrected chi connectivity index (χ3v) is 4.67. The van der Waals surface area contributed by atoms with Gasteiger partial charge >= 0.3 is 0 Å². The van der Waals surface area contributed by atoms with Gasteiger partial charge in [0.15, 0.2) is 18.1 Å². The lowest BCUT2D eigenvalue weighted by molar-refractivity contribution is -0.384. The number of carbonyl (C=O) groups excluding carboxylic acids is 2. The van der Waals surface area contributed by atoms with Gasteiger partial charge in [-0.05, 0) is 54.1 Å². The van der Waals surface area contributed by atoms with Gasteiger partial charge in [-0.2, -0.15) is 5.26 Å². The van der Waals surface area contributed by atoms with E-state index in [0.29, 0.717) is 11.3 Å². The number of hydrogen-bond donors (Lipinski definition) is 2. The minimum Gasteiger partial charge on any atom is -0.493 e. The number of nitrogens with zero attached hydrogens (tertiary/aromatic N) is 2. The second-order valence-electron chi connectivity index (χ2n) is 7.19. The van der Waals surface area contributed by atoms with Crippen molar-refractivity contribution in [3.63, 3.8) is 0 Å². The van der Waals surface area contributed by atoms with Crippen LogP contribution in [0.4, 0.5) is 21.5 Å². The molecule has 0 atom stereocenters. The molecule has 0 saturated heterocycles. The van der Waals surface area contributed by atoms with Crippen LogP contribution in [0.15, 0.2) is 72.3 Å². The van der Waals surface area contributed by atoms with E-state index in [4.69, 9.17) is 9.47 Å². The number of carbonyl (C=O) groups is 2. The highest BCUT2D eigenvalue weighted by atomic mass is 19.1. The van der Waals surface area contributed by atoms with Crippen LogP contribution in [0.3, 0.4) is 0 Å². The van der Waals surface area contributed by atoms with Gasteiger partial charge in [0, 0.05) is 23.5 Å². The third-order valence-electron chi connectivity index (χ3n) is 4.67. The summed E-state index contributed by atoms with van der Waals surface area (Å²) in [4.78, 5) is 34.9. The fourth-order valence-corrected chi connectivity index (χ4v) is 2.98. The van der Waals surface area contributed by atoms with Crippen LogP contribution >= 0.6 is 0 Å². The number of non-ortho nitro benzene ring substituents is 1. The van der Waals surface area contributed by atoms with E-state index in [2.05, 4.69) is 10.6 Å². The number of halogens is 1. The number of nitrogens with one attached hydrogen (secondary N) is 2. The van der Waals surface area contributed by atoms with E-state index in [9.17, 15) is 29.4 Å². The summed E-state index contributed by atoms with van der Waals surface area (Å²) >= 11 is 0. The zero-order chi connectivity index (χ0) is 26.1. The second-order valence-corrected chi connectivity index (χ2v) is 7.19. The first-order valence-electron chi connectivity index (χ1n) is 10.3. The van der Waals surface area contributed by atoms with Crippen molar-refractivity contribution in [1.29, 1.82) is 5.26 Å². The Kier molecular flexibility index (Phi) is 8.29. The van der Waals surface area contributed by atoms with Crippen molar-refractivity contribution in [2.75, 3.05) is 24.4 Å². The number of amides is 2. The number of nitro benzene ring substituents is 1. The highest BCUT2D eigenvalue weighted by molar-refractivity contribution is 6.09. The average molecular weight is 490 g/mol. The molecule has 0 heterocycles. The molecular weight excluding hydrogens is 471 g/mol. The summed E-state index contributed by atoms with van der Waals surface area (Å²) in [5.74, 6) is -1.17. The van der Waals surface area contributed by atoms with Crippen molar-refractivity contribution in [3.8, 4) is 17.6 Å². The molecule has 2 N–H and O–H groups in total. The maximum Gasteiger partial charge on any atom is 0.271 e. The van der Waals surface area contributed by atoms with E-state index >= 15 is 0 Å². The molecule has 10 nitrogen and oxygen atoms in total. The first-order chi connectivity index (χ1) is 17.3. The Bertz CT molecular complexity index is 1370. The number of hydrogen-bond acceptors (Lipinski definition) is 7. The Labute approximate surface area is 204 Å². The molecule has 0 aliphatic rings. The van der Waals surface area contributed by atoms with E-state index in [1.807, 2.05) is 0 Å². The number of methoxy groups -OCH3 is 1. The van der Waals surface area contributed by atoms with Crippen molar-refractivity contribution < 1.29 is 28.4 Å². The van der Waals surface area contributed by atoms with Crippen LogP contribution in [0, 0.1) is 27.3 Å². The quantitative estimate of drug-likeness (QED) is 0.197. The molecule has 0 bridgehead atoms. The molecular formula is C25H19FN4O6. The molecule has 0 radical (unpaired) electrons. The van der Waals surface area contributed by atoms with Crippen molar-refractivity contribution in [2.24, 2.45) is 0 Å². The van der Waals surface area contributed by atoms with Gasteiger partial charge < -0.3 is 20.1 Å². The summed E-state index contributed by atoms with van der Waals surface area (Å²) in [7, 11) is 1.38. The third kappa shape index (κ3) is 6.88. The molecule has 3 aromatic carbocycles. The van der Waals surface area contributed by atoms with Crippen molar-refractivity contribution in [2.45, 2.75) is 0 Å². The number of benzene rings is 3. The lowest BCUT2D eigenvalue weighted by atomic mass is 10.1. The monoisotopic (exact) mass is 490 g/mol. The van der Waals surface area contributed by atoms with E-state index in [0.717, 1.165) is 0 Å².